The van der Waals surface area contributed by atoms with E-state index in [9.17, 15) is 18.0 Å². The Morgan fingerprint density at radius 2 is 1.53 bits per heavy atom. The molecule has 8 heteroatoms. The number of carboxylic acid groups (broad SMARTS) is 1. The van der Waals surface area contributed by atoms with Gasteiger partial charge >= 0.3 is 5.97 Å². The van der Waals surface area contributed by atoms with Gasteiger partial charge in [-0.05, 0) is 48.9 Å². The van der Waals surface area contributed by atoms with Crippen LogP contribution in [0.4, 0.5) is 5.69 Å². The summed E-state index contributed by atoms with van der Waals surface area (Å²) >= 11 is 0. The molecule has 0 spiro atoms. The first-order valence-electron chi connectivity index (χ1n) is 9.99. The number of anilines is 1. The fourth-order valence-electron chi connectivity index (χ4n) is 3.18. The van der Waals surface area contributed by atoms with Crippen LogP contribution >= 0.6 is 0 Å². The largest absolute Gasteiger partial charge is 0.478 e. The van der Waals surface area contributed by atoms with Crippen LogP contribution in [0, 0.1) is 6.92 Å². The van der Waals surface area contributed by atoms with Gasteiger partial charge in [0, 0.05) is 24.6 Å². The van der Waals surface area contributed by atoms with Gasteiger partial charge in [-0.1, -0.05) is 48.0 Å². The van der Waals surface area contributed by atoms with E-state index >= 15 is 0 Å². The van der Waals surface area contributed by atoms with Crippen LogP contribution in [-0.4, -0.2) is 31.9 Å². The van der Waals surface area contributed by atoms with E-state index in [1.165, 1.54) is 24.3 Å². The number of aromatic carboxylic acids is 1. The first-order valence-corrected chi connectivity index (χ1v) is 11.5. The molecule has 0 fully saturated rings. The van der Waals surface area contributed by atoms with Crippen molar-refractivity contribution in [2.24, 2.45) is 0 Å². The first kappa shape index (κ1) is 23.2. The van der Waals surface area contributed by atoms with E-state index in [1.807, 2.05) is 37.3 Å². The van der Waals surface area contributed by atoms with Gasteiger partial charge in [0.05, 0.1) is 10.5 Å². The third kappa shape index (κ3) is 6.26. The average molecular weight is 453 g/mol. The SMILES string of the molecule is Cc1ccc(S(=O)(=O)NCC(CC(=O)Nc2ccc(C(=O)O)cc2)c2ccccc2)cc1. The Morgan fingerprint density at radius 1 is 0.906 bits per heavy atom. The number of rotatable bonds is 9. The van der Waals surface area contributed by atoms with E-state index in [0.717, 1.165) is 11.1 Å². The summed E-state index contributed by atoms with van der Waals surface area (Å²) in [7, 11) is -3.73. The lowest BCUT2D eigenvalue weighted by atomic mass is 9.95. The molecule has 32 heavy (non-hydrogen) atoms. The summed E-state index contributed by atoms with van der Waals surface area (Å²) in [6.07, 6.45) is 0.0428. The average Bonchev–Trinajstić information content (AvgIpc) is 2.78. The summed E-state index contributed by atoms with van der Waals surface area (Å²) in [6, 6.07) is 21.6. The number of benzene rings is 3. The molecule has 3 aromatic rings. The number of sulfonamides is 1. The smallest absolute Gasteiger partial charge is 0.335 e. The molecule has 0 radical (unpaired) electrons. The number of hydrogen-bond acceptors (Lipinski definition) is 4. The van der Waals surface area contributed by atoms with Crippen molar-refractivity contribution >= 4 is 27.6 Å². The Morgan fingerprint density at radius 3 is 2.12 bits per heavy atom. The molecule has 0 saturated carbocycles. The molecule has 0 aliphatic heterocycles. The molecule has 3 aromatic carbocycles. The van der Waals surface area contributed by atoms with Gasteiger partial charge in [0.1, 0.15) is 0 Å². The summed E-state index contributed by atoms with van der Waals surface area (Å²) < 4.78 is 28.0. The van der Waals surface area contributed by atoms with Crippen molar-refractivity contribution in [3.63, 3.8) is 0 Å². The minimum absolute atomic E-state index is 0.0428. The van der Waals surface area contributed by atoms with Gasteiger partial charge in [-0.15, -0.1) is 0 Å². The van der Waals surface area contributed by atoms with E-state index in [0.29, 0.717) is 5.69 Å². The van der Waals surface area contributed by atoms with Crippen molar-refractivity contribution < 1.29 is 23.1 Å². The number of carbonyl (C=O) groups excluding carboxylic acids is 1. The van der Waals surface area contributed by atoms with Crippen LogP contribution in [0.3, 0.4) is 0 Å². The third-order valence-corrected chi connectivity index (χ3v) is 6.41. The standard InChI is InChI=1S/C24H24N2O5S/c1-17-7-13-22(14-8-17)32(30,31)25-16-20(18-5-3-2-4-6-18)15-23(27)26-21-11-9-19(10-12-21)24(28)29/h2-14,20,25H,15-16H2,1H3,(H,26,27)(H,28,29). The van der Waals surface area contributed by atoms with E-state index in [2.05, 4.69) is 10.0 Å². The fourth-order valence-corrected chi connectivity index (χ4v) is 4.26. The fraction of sp³-hybridized carbons (Fsp3) is 0.167. The predicted molar refractivity (Wildman–Crippen MR) is 122 cm³/mol. The van der Waals surface area contributed by atoms with Gasteiger partial charge in [-0.3, -0.25) is 4.79 Å². The van der Waals surface area contributed by atoms with Crippen molar-refractivity contribution in [3.05, 3.63) is 95.6 Å². The van der Waals surface area contributed by atoms with Gasteiger partial charge in [-0.25, -0.2) is 17.9 Å². The molecule has 0 bridgehead atoms. The van der Waals surface area contributed by atoms with Crippen molar-refractivity contribution in [1.29, 1.82) is 0 Å². The second-order valence-corrected chi connectivity index (χ2v) is 9.17. The topological polar surface area (TPSA) is 113 Å². The maximum atomic E-state index is 12.7. The van der Waals surface area contributed by atoms with Gasteiger partial charge in [0.2, 0.25) is 15.9 Å². The highest BCUT2D eigenvalue weighted by Gasteiger charge is 2.21. The van der Waals surface area contributed by atoms with Crippen LogP contribution in [0.1, 0.15) is 33.8 Å². The van der Waals surface area contributed by atoms with Crippen molar-refractivity contribution in [2.75, 3.05) is 11.9 Å². The van der Waals surface area contributed by atoms with Gasteiger partial charge in [0.25, 0.3) is 0 Å². The Labute approximate surface area is 187 Å². The molecule has 1 atom stereocenters. The van der Waals surface area contributed by atoms with Crippen LogP contribution in [-0.2, 0) is 14.8 Å². The highest BCUT2D eigenvalue weighted by Crippen LogP contribution is 2.21. The summed E-state index contributed by atoms with van der Waals surface area (Å²) in [6.45, 7) is 1.93. The maximum absolute atomic E-state index is 12.7. The lowest BCUT2D eigenvalue weighted by Crippen LogP contribution is -2.30. The zero-order valence-corrected chi connectivity index (χ0v) is 18.3. The molecular formula is C24H24N2O5S. The minimum atomic E-state index is -3.73. The lowest BCUT2D eigenvalue weighted by molar-refractivity contribution is -0.116. The first-order chi connectivity index (χ1) is 15.2. The molecule has 166 valence electrons. The van der Waals surface area contributed by atoms with Crippen LogP contribution in [0.5, 0.6) is 0 Å². The molecule has 0 aliphatic rings. The quantitative estimate of drug-likeness (QED) is 0.457. The zero-order valence-electron chi connectivity index (χ0n) is 17.5. The second kappa shape index (κ2) is 10.2. The van der Waals surface area contributed by atoms with Crippen LogP contribution in [0.25, 0.3) is 0 Å². The van der Waals surface area contributed by atoms with Crippen LogP contribution in [0.2, 0.25) is 0 Å². The number of carboxylic acids is 1. The van der Waals surface area contributed by atoms with Gasteiger partial charge in [0.15, 0.2) is 0 Å². The molecule has 3 rings (SSSR count). The van der Waals surface area contributed by atoms with Gasteiger partial charge < -0.3 is 10.4 Å². The molecule has 3 N–H and O–H groups in total. The highest BCUT2D eigenvalue weighted by atomic mass is 32.2. The number of amides is 1. The van der Waals surface area contributed by atoms with E-state index < -0.39 is 21.9 Å². The van der Waals surface area contributed by atoms with Crippen LogP contribution < -0.4 is 10.0 Å². The van der Waals surface area contributed by atoms with Gasteiger partial charge in [-0.2, -0.15) is 0 Å². The maximum Gasteiger partial charge on any atom is 0.335 e. The normalized spacial score (nSPS) is 12.2. The molecule has 0 aromatic heterocycles. The van der Waals surface area contributed by atoms with E-state index in [4.69, 9.17) is 5.11 Å². The van der Waals surface area contributed by atoms with Crippen LogP contribution in [0.15, 0.2) is 83.8 Å². The van der Waals surface area contributed by atoms with Crippen molar-refractivity contribution in [2.45, 2.75) is 24.2 Å². The van der Waals surface area contributed by atoms with Crippen molar-refractivity contribution in [1.82, 2.24) is 4.72 Å². The molecular weight excluding hydrogens is 428 g/mol. The zero-order chi connectivity index (χ0) is 23.1. The summed E-state index contributed by atoms with van der Waals surface area (Å²) in [4.78, 5) is 23.8. The summed E-state index contributed by atoms with van der Waals surface area (Å²) in [5.74, 6) is -1.75. The second-order valence-electron chi connectivity index (χ2n) is 7.41. The molecule has 0 heterocycles. The monoisotopic (exact) mass is 452 g/mol. The Hall–Kier alpha value is -3.49. The summed E-state index contributed by atoms with van der Waals surface area (Å²) in [5.41, 5.74) is 2.37. The predicted octanol–water partition coefficient (Wildman–Crippen LogP) is 3.78. The molecule has 0 aliphatic carbocycles. The molecule has 0 saturated heterocycles. The molecule has 7 nitrogen and oxygen atoms in total. The molecule has 1 amide bonds. The molecule has 1 unspecified atom stereocenters. The number of hydrogen-bond donors (Lipinski definition) is 3. The minimum Gasteiger partial charge on any atom is -0.478 e. The van der Waals surface area contributed by atoms with E-state index in [1.54, 1.807) is 24.3 Å². The Kier molecular flexibility index (Phi) is 7.40. The number of aryl methyl sites for hydroxylation is 1. The highest BCUT2D eigenvalue weighted by molar-refractivity contribution is 7.89. The third-order valence-electron chi connectivity index (χ3n) is 4.97. The Bertz CT molecular complexity index is 1180. The van der Waals surface area contributed by atoms with Crippen molar-refractivity contribution in [3.8, 4) is 0 Å². The number of nitrogens with one attached hydrogen (secondary N) is 2. The summed E-state index contributed by atoms with van der Waals surface area (Å²) in [5, 5.41) is 11.7. The lowest BCUT2D eigenvalue weighted by Gasteiger charge is -2.18. The van der Waals surface area contributed by atoms with E-state index in [-0.39, 0.29) is 29.3 Å². The number of carbonyl (C=O) groups is 2. The Balaban J connectivity index is 1.71.